The first-order valence-corrected chi connectivity index (χ1v) is 26.9. The number of halogens is 6. The summed E-state index contributed by atoms with van der Waals surface area (Å²) in [5.41, 5.74) is 2.22. The third-order valence-electron chi connectivity index (χ3n) is 13.6. The molecule has 5 saturated carbocycles. The van der Waals surface area contributed by atoms with E-state index in [4.69, 9.17) is 4.74 Å². The van der Waals surface area contributed by atoms with Gasteiger partial charge in [0, 0.05) is 16.8 Å². The molecule has 15 heteroatoms. The van der Waals surface area contributed by atoms with E-state index in [0.717, 1.165) is 51.7 Å². The second-order valence-electron chi connectivity index (χ2n) is 20.0. The SMILES string of the molecule is CC(C)(C)c1ccc([S+]2CCOCC2)cc1.Cc1ccc([S+](c2ccccc2)c2ccccc2)cc1.O=C(N=C([O-])C(F)(F)F)C12CC3CC(CC(C3)C1)C2.O=C(N=C([O-])C(F)(F)F)C1CCCCC1. The van der Waals surface area contributed by atoms with E-state index in [-0.39, 0.29) is 16.3 Å². The van der Waals surface area contributed by atoms with E-state index >= 15 is 0 Å². The third kappa shape index (κ3) is 15.5. The summed E-state index contributed by atoms with van der Waals surface area (Å²) in [6, 6.07) is 39.6. The molecule has 0 N–H and O–H groups in total. The molecular weight excluding hydrogens is 947 g/mol. The zero-order chi connectivity index (χ0) is 50.7. The molecule has 7 nitrogen and oxygen atoms in total. The highest BCUT2D eigenvalue weighted by atomic mass is 32.2. The summed E-state index contributed by atoms with van der Waals surface area (Å²) in [4.78, 5) is 34.2. The number of hydrogen-bond donors (Lipinski definition) is 0. The van der Waals surface area contributed by atoms with Crippen LogP contribution in [0, 0.1) is 36.0 Å². The number of carbonyl (C=O) groups is 2. The van der Waals surface area contributed by atoms with E-state index in [1.165, 1.54) is 42.2 Å². The molecule has 0 spiro atoms. The molecule has 6 fully saturated rings. The summed E-state index contributed by atoms with van der Waals surface area (Å²) in [6.07, 6.45) is -1.30. The molecule has 378 valence electrons. The quantitative estimate of drug-likeness (QED) is 0.0826. The van der Waals surface area contributed by atoms with Gasteiger partial charge in [-0.2, -0.15) is 26.3 Å². The molecule has 5 aliphatic carbocycles. The minimum atomic E-state index is -5.04. The van der Waals surface area contributed by atoms with Crippen molar-refractivity contribution in [2.45, 2.75) is 136 Å². The Hall–Kier alpha value is -4.60. The Morgan fingerprint density at radius 2 is 1.07 bits per heavy atom. The maximum atomic E-state index is 12.2. The van der Waals surface area contributed by atoms with Gasteiger partial charge in [-0.25, -0.2) is 9.98 Å². The van der Waals surface area contributed by atoms with Crippen LogP contribution >= 0.6 is 0 Å². The van der Waals surface area contributed by atoms with E-state index in [1.54, 1.807) is 0 Å². The first kappa shape index (κ1) is 54.7. The second-order valence-corrected chi connectivity index (χ2v) is 24.3. The summed E-state index contributed by atoms with van der Waals surface area (Å²) in [5.74, 6) is -3.07. The standard InChI is InChI=1S/C19H17S.C14H21OS.C13H16F3NO2.C9H12F3NO2/c1-16-12-14-19(15-13-16)20(17-8-4-2-5-9-17)18-10-6-3-7-11-18;1-14(2,3)12-4-6-13(7-5-12)16-10-8-15-9-11-16;14-13(15,16)11(19)17-10(18)12-4-7-1-8(5-12)3-9(2-7)6-12;10-9(11,12)8(15)13-7(14)6-4-2-1-3-5-6/h2-15H,1H3;4-7H,8-11H2,1-3H3;7-9H,1-6H2,(H,17,18,19);6H,1-5H2,(H,13,14,15)/q2*+1;;/p-2. The number of ether oxygens (including phenoxy) is 1. The van der Waals surface area contributed by atoms with E-state index in [2.05, 4.69) is 147 Å². The molecule has 4 aromatic rings. The van der Waals surface area contributed by atoms with E-state index in [0.29, 0.717) is 60.8 Å². The summed E-state index contributed by atoms with van der Waals surface area (Å²) < 4.78 is 77.3. The van der Waals surface area contributed by atoms with Crippen LogP contribution in [0.15, 0.2) is 139 Å². The highest BCUT2D eigenvalue weighted by Gasteiger charge is 2.55. The van der Waals surface area contributed by atoms with Crippen LogP contribution in [-0.4, -0.2) is 60.7 Å². The van der Waals surface area contributed by atoms with Crippen LogP contribution in [0.5, 0.6) is 0 Å². The second kappa shape index (κ2) is 24.2. The molecule has 6 aliphatic rings. The van der Waals surface area contributed by atoms with E-state index in [1.807, 2.05) is 0 Å². The number of amides is 2. The van der Waals surface area contributed by atoms with Crippen LogP contribution in [-0.2, 0) is 41.5 Å². The number of carbonyl (C=O) groups excluding carboxylic acids is 2. The van der Waals surface area contributed by atoms with Crippen molar-refractivity contribution in [3.05, 3.63) is 120 Å². The number of alkyl halides is 6. The van der Waals surface area contributed by atoms with Crippen LogP contribution < -0.4 is 10.2 Å². The smallest absolute Gasteiger partial charge is 0.419 e. The highest BCUT2D eigenvalue weighted by Crippen LogP contribution is 2.60. The van der Waals surface area contributed by atoms with Gasteiger partial charge >= 0.3 is 12.4 Å². The lowest BCUT2D eigenvalue weighted by Crippen LogP contribution is -2.50. The predicted molar refractivity (Wildman–Crippen MR) is 262 cm³/mol. The maximum absolute atomic E-state index is 12.2. The number of benzene rings is 4. The Labute approximate surface area is 414 Å². The molecule has 4 bridgehead atoms. The summed E-state index contributed by atoms with van der Waals surface area (Å²) >= 11 is 0. The lowest BCUT2D eigenvalue weighted by Gasteiger charge is -2.55. The zero-order valence-electron chi connectivity index (χ0n) is 40.3. The molecule has 70 heavy (non-hydrogen) atoms. The van der Waals surface area contributed by atoms with Gasteiger partial charge < -0.3 is 14.9 Å². The van der Waals surface area contributed by atoms with Gasteiger partial charge in [0.25, 0.3) is 5.91 Å². The third-order valence-corrected chi connectivity index (χ3v) is 18.1. The Kier molecular flexibility index (Phi) is 18.9. The van der Waals surface area contributed by atoms with Gasteiger partial charge in [-0.1, -0.05) is 106 Å². The minimum Gasteiger partial charge on any atom is -0.855 e. The molecular formula is C55H64F6N2O5S2. The minimum absolute atomic E-state index is 0.0229. The lowest BCUT2D eigenvalue weighted by atomic mass is 9.49. The van der Waals surface area contributed by atoms with Gasteiger partial charge in [0.2, 0.25) is 5.91 Å². The molecule has 10 rings (SSSR count). The van der Waals surface area contributed by atoms with Gasteiger partial charge in [0.05, 0.1) is 41.3 Å². The first-order valence-electron chi connectivity index (χ1n) is 24.1. The Morgan fingerprint density at radius 3 is 1.51 bits per heavy atom. The molecule has 1 aliphatic heterocycles. The first-order chi connectivity index (χ1) is 33.1. The van der Waals surface area contributed by atoms with Crippen molar-refractivity contribution in [3.8, 4) is 0 Å². The fourth-order valence-electron chi connectivity index (χ4n) is 10.4. The van der Waals surface area contributed by atoms with Crippen molar-refractivity contribution in [2.24, 2.45) is 39.1 Å². The molecule has 0 unspecified atom stereocenters. The van der Waals surface area contributed by atoms with E-state index in [9.17, 15) is 46.1 Å². The van der Waals surface area contributed by atoms with Crippen LogP contribution in [0.1, 0.15) is 103 Å². The molecule has 4 aromatic carbocycles. The Bertz CT molecular complexity index is 2280. The molecule has 2 amide bonds. The largest absolute Gasteiger partial charge is 0.855 e. The normalized spacial score (nSPS) is 23.0. The van der Waals surface area contributed by atoms with Crippen LogP contribution in [0.2, 0.25) is 0 Å². The van der Waals surface area contributed by atoms with Gasteiger partial charge in [0.15, 0.2) is 19.6 Å². The number of hydrogen-bond acceptors (Lipinski definition) is 5. The van der Waals surface area contributed by atoms with Crippen LogP contribution in [0.4, 0.5) is 26.3 Å². The maximum Gasteiger partial charge on any atom is 0.419 e. The number of aliphatic imine (C=N–C) groups is 2. The van der Waals surface area contributed by atoms with Crippen molar-refractivity contribution in [1.82, 2.24) is 0 Å². The van der Waals surface area contributed by atoms with E-state index < -0.39 is 47.3 Å². The molecule has 0 aromatic heterocycles. The number of nitrogens with zero attached hydrogens (tertiary/aromatic N) is 2. The Morgan fingerprint density at radius 1 is 0.629 bits per heavy atom. The average molecular weight is 1010 g/mol. The summed E-state index contributed by atoms with van der Waals surface area (Å²) in [7, 11) is 0.409. The van der Waals surface area contributed by atoms with Crippen LogP contribution in [0.3, 0.4) is 0 Å². The van der Waals surface area contributed by atoms with Gasteiger partial charge in [-0.15, -0.1) is 0 Å². The Balaban J connectivity index is 0.000000154. The fourth-order valence-corrected chi connectivity index (χ4v) is 14.3. The van der Waals surface area contributed by atoms with Crippen LogP contribution in [0.25, 0.3) is 0 Å². The van der Waals surface area contributed by atoms with Gasteiger partial charge in [0.1, 0.15) is 11.5 Å². The van der Waals surface area contributed by atoms with Gasteiger partial charge in [-0.3, -0.25) is 9.59 Å². The summed E-state index contributed by atoms with van der Waals surface area (Å²) in [6.45, 7) is 10.8. The predicted octanol–water partition coefficient (Wildman–Crippen LogP) is 11.5. The van der Waals surface area contributed by atoms with Gasteiger partial charge in [-0.05, 0) is 136 Å². The topological polar surface area (TPSA) is 114 Å². The lowest BCUT2D eigenvalue weighted by molar-refractivity contribution is -0.263. The number of aryl methyl sites for hydroxylation is 1. The number of rotatable bonds is 6. The fraction of sp³-hybridized carbons (Fsp3) is 0.491. The molecule has 0 atom stereocenters. The zero-order valence-corrected chi connectivity index (χ0v) is 42.0. The van der Waals surface area contributed by atoms with Crippen molar-refractivity contribution in [3.63, 3.8) is 0 Å². The summed E-state index contributed by atoms with van der Waals surface area (Å²) in [5, 5.41) is 21.3. The van der Waals surface area contributed by atoms with Crippen molar-refractivity contribution in [2.75, 3.05) is 24.7 Å². The monoisotopic (exact) mass is 1010 g/mol. The highest BCUT2D eigenvalue weighted by molar-refractivity contribution is 7.97. The average Bonchev–Trinajstić information content (AvgIpc) is 3.33. The molecule has 1 saturated heterocycles. The molecule has 1 heterocycles. The molecule has 0 radical (unpaired) electrons. The van der Waals surface area contributed by atoms with Crippen molar-refractivity contribution in [1.29, 1.82) is 0 Å². The van der Waals surface area contributed by atoms with Crippen molar-refractivity contribution < 1.29 is 50.9 Å². The van der Waals surface area contributed by atoms with Crippen molar-refractivity contribution >= 4 is 45.4 Å².